The zero-order valence-electron chi connectivity index (χ0n) is 10.5. The van der Waals surface area contributed by atoms with E-state index in [2.05, 4.69) is 47.1 Å². The summed E-state index contributed by atoms with van der Waals surface area (Å²) in [6.45, 7) is 10.3. The molecule has 2 aromatic rings. The van der Waals surface area contributed by atoms with Gasteiger partial charge in [0.15, 0.2) is 0 Å². The van der Waals surface area contributed by atoms with E-state index in [1.54, 1.807) is 0 Å². The Kier molecular flexibility index (Phi) is 2.37. The van der Waals surface area contributed by atoms with Crippen molar-refractivity contribution in [3.05, 3.63) is 17.6 Å². The SMILES string of the molecule is Cc1nc(NC(C)(C)C)c2cc(C)[nH]c2n1. The number of aromatic nitrogens is 3. The maximum atomic E-state index is 4.46. The molecule has 2 N–H and O–H groups in total. The van der Waals surface area contributed by atoms with Gasteiger partial charge in [0.1, 0.15) is 17.3 Å². The number of aromatic amines is 1. The van der Waals surface area contributed by atoms with Gasteiger partial charge in [-0.25, -0.2) is 9.97 Å². The van der Waals surface area contributed by atoms with Gasteiger partial charge in [0.2, 0.25) is 0 Å². The molecule has 86 valence electrons. The van der Waals surface area contributed by atoms with Crippen molar-refractivity contribution >= 4 is 16.9 Å². The van der Waals surface area contributed by atoms with Gasteiger partial charge < -0.3 is 10.3 Å². The van der Waals surface area contributed by atoms with Crippen molar-refractivity contribution in [3.8, 4) is 0 Å². The Labute approximate surface area is 95.5 Å². The zero-order chi connectivity index (χ0) is 11.9. The van der Waals surface area contributed by atoms with Crippen molar-refractivity contribution < 1.29 is 0 Å². The maximum absolute atomic E-state index is 4.46. The molecule has 0 atom stereocenters. The first-order valence-corrected chi connectivity index (χ1v) is 5.47. The standard InChI is InChI=1S/C12H18N4/c1-7-6-9-10(13-7)14-8(2)15-11(9)16-12(3,4)5/h6H,1-5H3,(H2,13,14,15,16). The number of nitrogens with one attached hydrogen (secondary N) is 2. The molecule has 0 aliphatic rings. The molecule has 0 aromatic carbocycles. The highest BCUT2D eigenvalue weighted by molar-refractivity contribution is 5.88. The number of rotatable bonds is 1. The third-order valence-electron chi connectivity index (χ3n) is 2.23. The first-order chi connectivity index (χ1) is 7.35. The van der Waals surface area contributed by atoms with Gasteiger partial charge in [-0.2, -0.15) is 0 Å². The first-order valence-electron chi connectivity index (χ1n) is 5.47. The van der Waals surface area contributed by atoms with Crippen LogP contribution >= 0.6 is 0 Å². The van der Waals surface area contributed by atoms with Gasteiger partial charge in [0, 0.05) is 11.2 Å². The predicted molar refractivity (Wildman–Crippen MR) is 66.7 cm³/mol. The molecule has 0 aliphatic heterocycles. The molecule has 0 saturated heterocycles. The van der Waals surface area contributed by atoms with Gasteiger partial charge >= 0.3 is 0 Å². The van der Waals surface area contributed by atoms with Crippen molar-refractivity contribution in [2.45, 2.75) is 40.2 Å². The minimum Gasteiger partial charge on any atom is -0.365 e. The second kappa shape index (κ2) is 3.47. The summed E-state index contributed by atoms with van der Waals surface area (Å²) < 4.78 is 0. The molecule has 2 aromatic heterocycles. The molecule has 0 radical (unpaired) electrons. The number of aryl methyl sites for hydroxylation is 2. The van der Waals surface area contributed by atoms with Crippen molar-refractivity contribution in [2.24, 2.45) is 0 Å². The molecule has 0 bridgehead atoms. The Morgan fingerprint density at radius 2 is 1.88 bits per heavy atom. The van der Waals surface area contributed by atoms with Crippen LogP contribution in [0.25, 0.3) is 11.0 Å². The summed E-state index contributed by atoms with van der Waals surface area (Å²) in [5.41, 5.74) is 2.00. The van der Waals surface area contributed by atoms with E-state index in [-0.39, 0.29) is 5.54 Å². The molecule has 0 amide bonds. The molecule has 4 heteroatoms. The smallest absolute Gasteiger partial charge is 0.143 e. The second-order valence-corrected chi connectivity index (χ2v) is 5.21. The average molecular weight is 218 g/mol. The molecule has 0 unspecified atom stereocenters. The molecule has 0 aliphatic carbocycles. The molecule has 0 saturated carbocycles. The molecule has 0 spiro atoms. The number of H-pyrrole nitrogens is 1. The summed E-state index contributed by atoms with van der Waals surface area (Å²) >= 11 is 0. The topological polar surface area (TPSA) is 53.6 Å². The lowest BCUT2D eigenvalue weighted by atomic mass is 10.1. The maximum Gasteiger partial charge on any atom is 0.143 e. The molecular weight excluding hydrogens is 200 g/mol. The summed E-state index contributed by atoms with van der Waals surface area (Å²) in [5, 5.41) is 4.46. The van der Waals surface area contributed by atoms with E-state index in [9.17, 15) is 0 Å². The van der Waals surface area contributed by atoms with Gasteiger partial charge in [0.25, 0.3) is 0 Å². The summed E-state index contributed by atoms with van der Waals surface area (Å²) in [4.78, 5) is 12.1. The monoisotopic (exact) mass is 218 g/mol. The van der Waals surface area contributed by atoms with Crippen LogP contribution in [0.15, 0.2) is 6.07 Å². The Bertz CT molecular complexity index is 520. The third-order valence-corrected chi connectivity index (χ3v) is 2.23. The van der Waals surface area contributed by atoms with Crippen molar-refractivity contribution in [3.63, 3.8) is 0 Å². The summed E-state index contributed by atoms with van der Waals surface area (Å²) in [5.74, 6) is 1.68. The van der Waals surface area contributed by atoms with E-state index >= 15 is 0 Å². The zero-order valence-corrected chi connectivity index (χ0v) is 10.5. The number of nitrogens with zero attached hydrogens (tertiary/aromatic N) is 2. The van der Waals surface area contributed by atoms with Gasteiger partial charge in [0.05, 0.1) is 5.39 Å². The molecule has 16 heavy (non-hydrogen) atoms. The van der Waals surface area contributed by atoms with E-state index in [1.165, 1.54) is 0 Å². The third kappa shape index (κ3) is 2.15. The van der Waals surface area contributed by atoms with E-state index in [4.69, 9.17) is 0 Å². The Hall–Kier alpha value is -1.58. The molecular formula is C12H18N4. The minimum absolute atomic E-state index is 0.00109. The molecule has 4 nitrogen and oxygen atoms in total. The lowest BCUT2D eigenvalue weighted by Gasteiger charge is -2.21. The summed E-state index contributed by atoms with van der Waals surface area (Å²) in [7, 11) is 0. The second-order valence-electron chi connectivity index (χ2n) is 5.21. The number of hydrogen-bond donors (Lipinski definition) is 2. The lowest BCUT2D eigenvalue weighted by Crippen LogP contribution is -2.27. The Morgan fingerprint density at radius 3 is 2.50 bits per heavy atom. The fourth-order valence-corrected chi connectivity index (χ4v) is 1.70. The van der Waals surface area contributed by atoms with Crippen molar-refractivity contribution in [1.29, 1.82) is 0 Å². The first kappa shape index (κ1) is 10.9. The van der Waals surface area contributed by atoms with E-state index < -0.39 is 0 Å². The predicted octanol–water partition coefficient (Wildman–Crippen LogP) is 2.79. The van der Waals surface area contributed by atoms with Crippen LogP contribution in [-0.4, -0.2) is 20.5 Å². The highest BCUT2D eigenvalue weighted by Crippen LogP contribution is 2.23. The number of anilines is 1. The quantitative estimate of drug-likeness (QED) is 0.773. The van der Waals surface area contributed by atoms with Crippen LogP contribution in [-0.2, 0) is 0 Å². The molecule has 2 rings (SSSR count). The summed E-state index contributed by atoms with van der Waals surface area (Å²) in [6, 6.07) is 2.07. The number of fused-ring (bicyclic) bond motifs is 1. The van der Waals surface area contributed by atoms with E-state index in [0.29, 0.717) is 0 Å². The average Bonchev–Trinajstić information content (AvgIpc) is 2.42. The van der Waals surface area contributed by atoms with Crippen LogP contribution in [0.5, 0.6) is 0 Å². The normalized spacial score (nSPS) is 12.1. The largest absolute Gasteiger partial charge is 0.365 e. The Balaban J connectivity index is 2.58. The molecule has 0 fully saturated rings. The van der Waals surface area contributed by atoms with Crippen molar-refractivity contribution in [2.75, 3.05) is 5.32 Å². The van der Waals surface area contributed by atoms with Gasteiger partial charge in [-0.05, 0) is 40.7 Å². The highest BCUT2D eigenvalue weighted by atomic mass is 15.1. The highest BCUT2D eigenvalue weighted by Gasteiger charge is 2.14. The van der Waals surface area contributed by atoms with Crippen LogP contribution < -0.4 is 5.32 Å². The lowest BCUT2D eigenvalue weighted by molar-refractivity contribution is 0.631. The van der Waals surface area contributed by atoms with Gasteiger partial charge in [-0.1, -0.05) is 0 Å². The van der Waals surface area contributed by atoms with Gasteiger partial charge in [-0.15, -0.1) is 0 Å². The van der Waals surface area contributed by atoms with Crippen LogP contribution in [0, 0.1) is 13.8 Å². The minimum atomic E-state index is -0.00109. The molecule has 2 heterocycles. The Morgan fingerprint density at radius 1 is 1.19 bits per heavy atom. The van der Waals surface area contributed by atoms with E-state index in [1.807, 2.05) is 13.8 Å². The van der Waals surface area contributed by atoms with Crippen molar-refractivity contribution in [1.82, 2.24) is 15.0 Å². The summed E-state index contributed by atoms with van der Waals surface area (Å²) in [6.07, 6.45) is 0. The number of hydrogen-bond acceptors (Lipinski definition) is 3. The van der Waals surface area contributed by atoms with E-state index in [0.717, 1.165) is 28.4 Å². The van der Waals surface area contributed by atoms with Crippen LogP contribution in [0.1, 0.15) is 32.3 Å². The van der Waals surface area contributed by atoms with Crippen LogP contribution in [0.4, 0.5) is 5.82 Å². The fraction of sp³-hybridized carbons (Fsp3) is 0.500. The van der Waals surface area contributed by atoms with Gasteiger partial charge in [-0.3, -0.25) is 0 Å². The van der Waals surface area contributed by atoms with Crippen LogP contribution in [0.2, 0.25) is 0 Å². The van der Waals surface area contributed by atoms with Crippen LogP contribution in [0.3, 0.4) is 0 Å². The fourth-order valence-electron chi connectivity index (χ4n) is 1.70.